The van der Waals surface area contributed by atoms with Crippen molar-refractivity contribution >= 4 is 21.6 Å². The Hall–Kier alpha value is -2.68. The first-order valence-corrected chi connectivity index (χ1v) is 11.1. The number of nitrogens with one attached hydrogen (secondary N) is 2. The normalized spacial score (nSPS) is 17.0. The van der Waals surface area contributed by atoms with Crippen LogP contribution in [-0.2, 0) is 16.4 Å². The molecule has 1 aliphatic heterocycles. The van der Waals surface area contributed by atoms with Crippen molar-refractivity contribution < 1.29 is 13.2 Å². The summed E-state index contributed by atoms with van der Waals surface area (Å²) in [7, 11) is -3.52. The molecule has 8 nitrogen and oxygen atoms in total. The first-order valence-electron chi connectivity index (χ1n) is 9.18. The molecule has 0 bridgehead atoms. The summed E-state index contributed by atoms with van der Waals surface area (Å²) in [4.78, 5) is 34.5. The molecule has 28 heavy (non-hydrogen) atoms. The Morgan fingerprint density at radius 3 is 2.71 bits per heavy atom. The van der Waals surface area contributed by atoms with E-state index >= 15 is 0 Å². The van der Waals surface area contributed by atoms with E-state index in [0.29, 0.717) is 36.5 Å². The summed E-state index contributed by atoms with van der Waals surface area (Å²) in [5, 5.41) is 0. The average Bonchev–Trinajstić information content (AvgIpc) is 3.09. The number of anilines is 1. The second-order valence-electron chi connectivity index (χ2n) is 6.95. The lowest BCUT2D eigenvalue weighted by molar-refractivity contribution is 0.0730. The number of likely N-dealkylation sites (tertiary alicyclic amines) is 1. The van der Waals surface area contributed by atoms with Crippen LogP contribution in [0.1, 0.15) is 53.2 Å². The van der Waals surface area contributed by atoms with Crippen molar-refractivity contribution in [3.8, 4) is 0 Å². The van der Waals surface area contributed by atoms with E-state index in [-0.39, 0.29) is 28.8 Å². The molecule has 1 aromatic carbocycles. The smallest absolute Gasteiger partial charge is 0.256 e. The number of hydrogen-bond acceptors (Lipinski definition) is 5. The van der Waals surface area contributed by atoms with Crippen LogP contribution in [0.15, 0.2) is 29.1 Å². The standard InChI is InChI=1S/C19H24N4O4S/c1-4-13-12(2)20-17(21-18(13)24)16-10-7-11-23(16)19(25)14-8-5-6-9-15(14)22-28(3,26)27/h5-6,8-9,16,22H,4,7,10-11H2,1-3H3,(H,20,21,24)/t16-/m0/s1. The minimum atomic E-state index is -3.52. The maximum absolute atomic E-state index is 13.2. The maximum Gasteiger partial charge on any atom is 0.256 e. The molecule has 0 spiro atoms. The van der Waals surface area contributed by atoms with Crippen molar-refractivity contribution in [2.45, 2.75) is 39.2 Å². The zero-order valence-corrected chi connectivity index (χ0v) is 17.0. The molecule has 1 aromatic heterocycles. The van der Waals surface area contributed by atoms with E-state index in [1.807, 2.05) is 6.92 Å². The molecular weight excluding hydrogens is 380 g/mol. The fourth-order valence-corrected chi connectivity index (χ4v) is 4.19. The summed E-state index contributed by atoms with van der Waals surface area (Å²) in [6.07, 6.45) is 3.09. The first-order chi connectivity index (χ1) is 13.2. The van der Waals surface area contributed by atoms with Gasteiger partial charge in [-0.15, -0.1) is 0 Å². The fourth-order valence-electron chi connectivity index (χ4n) is 3.61. The van der Waals surface area contributed by atoms with Crippen LogP contribution >= 0.6 is 0 Å². The van der Waals surface area contributed by atoms with Crippen LogP contribution in [0.4, 0.5) is 5.69 Å². The van der Waals surface area contributed by atoms with Gasteiger partial charge in [0.2, 0.25) is 10.0 Å². The van der Waals surface area contributed by atoms with E-state index in [4.69, 9.17) is 0 Å². The van der Waals surface area contributed by atoms with Gasteiger partial charge in [-0.2, -0.15) is 0 Å². The highest BCUT2D eigenvalue weighted by atomic mass is 32.2. The fraction of sp³-hybridized carbons (Fsp3) is 0.421. The zero-order valence-electron chi connectivity index (χ0n) is 16.2. The maximum atomic E-state index is 13.2. The van der Waals surface area contributed by atoms with Crippen LogP contribution in [0.3, 0.4) is 0 Å². The predicted molar refractivity (Wildman–Crippen MR) is 107 cm³/mol. The van der Waals surface area contributed by atoms with Gasteiger partial charge in [-0.3, -0.25) is 14.3 Å². The molecule has 0 saturated carbocycles. The molecule has 0 unspecified atom stereocenters. The number of aryl methyl sites for hydroxylation is 1. The largest absolute Gasteiger partial charge is 0.328 e. The molecule has 2 heterocycles. The molecule has 1 atom stereocenters. The number of aromatic amines is 1. The van der Waals surface area contributed by atoms with Crippen LogP contribution in [-0.4, -0.2) is 42.0 Å². The summed E-state index contributed by atoms with van der Waals surface area (Å²) in [5.74, 6) is 0.174. The molecule has 1 aliphatic rings. The van der Waals surface area contributed by atoms with Gasteiger partial charge in [0, 0.05) is 17.8 Å². The van der Waals surface area contributed by atoms with Gasteiger partial charge in [0.05, 0.1) is 23.5 Å². The molecule has 9 heteroatoms. The van der Waals surface area contributed by atoms with E-state index in [1.165, 1.54) is 0 Å². The predicted octanol–water partition coefficient (Wildman–Crippen LogP) is 1.99. The van der Waals surface area contributed by atoms with E-state index in [0.717, 1.165) is 12.7 Å². The van der Waals surface area contributed by atoms with E-state index in [2.05, 4.69) is 14.7 Å². The molecule has 2 N–H and O–H groups in total. The number of amides is 1. The minimum Gasteiger partial charge on any atom is -0.328 e. The number of carbonyl (C=O) groups is 1. The van der Waals surface area contributed by atoms with Gasteiger partial charge >= 0.3 is 0 Å². The molecule has 150 valence electrons. The number of para-hydroxylation sites is 1. The van der Waals surface area contributed by atoms with E-state index in [1.54, 1.807) is 36.1 Å². The quantitative estimate of drug-likeness (QED) is 0.791. The lowest BCUT2D eigenvalue weighted by Gasteiger charge is -2.25. The SMILES string of the molecule is CCc1c(C)nc([C@@H]2CCCN2C(=O)c2ccccc2NS(C)(=O)=O)[nH]c1=O. The Labute approximate surface area is 164 Å². The van der Waals surface area contributed by atoms with Crippen LogP contribution in [0.5, 0.6) is 0 Å². The molecule has 0 aliphatic carbocycles. The Kier molecular flexibility index (Phi) is 5.55. The first kappa shape index (κ1) is 20.1. The summed E-state index contributed by atoms with van der Waals surface area (Å²) < 4.78 is 25.7. The Morgan fingerprint density at radius 1 is 1.36 bits per heavy atom. The molecule has 0 radical (unpaired) electrons. The van der Waals surface area contributed by atoms with E-state index in [9.17, 15) is 18.0 Å². The third-order valence-corrected chi connectivity index (χ3v) is 5.47. The number of rotatable bonds is 5. The molecule has 2 aromatic rings. The number of benzene rings is 1. The van der Waals surface area contributed by atoms with Gasteiger partial charge in [-0.1, -0.05) is 19.1 Å². The van der Waals surface area contributed by atoms with Crippen LogP contribution < -0.4 is 10.3 Å². The molecule has 1 amide bonds. The van der Waals surface area contributed by atoms with Gasteiger partial charge in [0.25, 0.3) is 11.5 Å². The van der Waals surface area contributed by atoms with Crippen molar-refractivity contribution in [2.24, 2.45) is 0 Å². The number of H-pyrrole nitrogens is 1. The molecule has 1 saturated heterocycles. The van der Waals surface area contributed by atoms with Crippen molar-refractivity contribution in [3.63, 3.8) is 0 Å². The van der Waals surface area contributed by atoms with Crippen LogP contribution in [0, 0.1) is 6.92 Å². The Balaban J connectivity index is 1.96. The van der Waals surface area contributed by atoms with Gasteiger partial charge in [0.15, 0.2) is 0 Å². The molecule has 1 fully saturated rings. The third kappa shape index (κ3) is 4.09. The van der Waals surface area contributed by atoms with Crippen molar-refractivity contribution in [1.82, 2.24) is 14.9 Å². The number of carbonyl (C=O) groups excluding carboxylic acids is 1. The second kappa shape index (κ2) is 7.75. The van der Waals surface area contributed by atoms with Crippen molar-refractivity contribution in [1.29, 1.82) is 0 Å². The van der Waals surface area contributed by atoms with E-state index < -0.39 is 10.0 Å². The van der Waals surface area contributed by atoms with Gasteiger partial charge in [0.1, 0.15) is 5.82 Å². The highest BCUT2D eigenvalue weighted by molar-refractivity contribution is 7.92. The summed E-state index contributed by atoms with van der Waals surface area (Å²) >= 11 is 0. The summed E-state index contributed by atoms with van der Waals surface area (Å²) in [6.45, 7) is 4.20. The average molecular weight is 404 g/mol. The monoisotopic (exact) mass is 404 g/mol. The lowest BCUT2D eigenvalue weighted by atomic mass is 10.1. The molecule has 3 rings (SSSR count). The highest BCUT2D eigenvalue weighted by Gasteiger charge is 2.33. The lowest BCUT2D eigenvalue weighted by Crippen LogP contribution is -2.33. The van der Waals surface area contributed by atoms with Crippen molar-refractivity contribution in [2.75, 3.05) is 17.5 Å². The Bertz CT molecular complexity index is 1060. The zero-order chi connectivity index (χ0) is 20.5. The third-order valence-electron chi connectivity index (χ3n) is 4.88. The number of aromatic nitrogens is 2. The minimum absolute atomic E-state index is 0.177. The summed E-state index contributed by atoms with van der Waals surface area (Å²) in [5.41, 5.74) is 1.63. The molecular formula is C19H24N4O4S. The summed E-state index contributed by atoms with van der Waals surface area (Å²) in [6, 6.07) is 6.15. The van der Waals surface area contributed by atoms with Crippen molar-refractivity contribution in [3.05, 3.63) is 57.3 Å². The van der Waals surface area contributed by atoms with Crippen LogP contribution in [0.2, 0.25) is 0 Å². The van der Waals surface area contributed by atoms with Gasteiger partial charge in [-0.05, 0) is 38.3 Å². The number of hydrogen-bond donors (Lipinski definition) is 2. The number of nitrogens with zero attached hydrogens (tertiary/aromatic N) is 2. The number of sulfonamides is 1. The highest BCUT2D eigenvalue weighted by Crippen LogP contribution is 2.32. The van der Waals surface area contributed by atoms with Gasteiger partial charge in [-0.25, -0.2) is 13.4 Å². The van der Waals surface area contributed by atoms with Gasteiger partial charge < -0.3 is 9.88 Å². The topological polar surface area (TPSA) is 112 Å². The second-order valence-corrected chi connectivity index (χ2v) is 8.69. The Morgan fingerprint density at radius 2 is 2.07 bits per heavy atom. The van der Waals surface area contributed by atoms with Crippen LogP contribution in [0.25, 0.3) is 0 Å².